The molecule has 3 heteroatoms. The Balaban J connectivity index is 1.87. The summed E-state index contributed by atoms with van der Waals surface area (Å²) in [5, 5.41) is 0. The highest BCUT2D eigenvalue weighted by molar-refractivity contribution is 9.09. The first-order valence-electron chi connectivity index (χ1n) is 7.75. The van der Waals surface area contributed by atoms with Crippen molar-refractivity contribution >= 4 is 15.9 Å². The van der Waals surface area contributed by atoms with Gasteiger partial charge < -0.3 is 4.74 Å². The lowest BCUT2D eigenvalue weighted by Crippen LogP contribution is -2.42. The van der Waals surface area contributed by atoms with Gasteiger partial charge in [-0.05, 0) is 45.1 Å². The van der Waals surface area contributed by atoms with Crippen molar-refractivity contribution in [2.75, 3.05) is 19.7 Å². The maximum absolute atomic E-state index is 5.92. The highest BCUT2D eigenvalue weighted by Crippen LogP contribution is 2.24. The second-order valence-corrected chi connectivity index (χ2v) is 7.57. The van der Waals surface area contributed by atoms with Crippen molar-refractivity contribution in [2.24, 2.45) is 0 Å². The maximum Gasteiger partial charge on any atom is 0.0702 e. The standard InChI is InChI=1S/C15H28BrNO/c1-13(16)11-14-7-3-2-5-9-17(14)12-15-8-4-6-10-18-15/h13-15H,2-12H2,1H3. The summed E-state index contributed by atoms with van der Waals surface area (Å²) in [5.41, 5.74) is 0. The van der Waals surface area contributed by atoms with Crippen LogP contribution in [0.4, 0.5) is 0 Å². The average molecular weight is 318 g/mol. The van der Waals surface area contributed by atoms with E-state index in [1.54, 1.807) is 0 Å². The van der Waals surface area contributed by atoms with Gasteiger partial charge in [-0.1, -0.05) is 35.7 Å². The number of likely N-dealkylation sites (tertiary alicyclic amines) is 1. The average Bonchev–Trinajstić information content (AvgIpc) is 2.56. The van der Waals surface area contributed by atoms with Crippen LogP contribution < -0.4 is 0 Å². The molecule has 106 valence electrons. The third-order valence-electron chi connectivity index (χ3n) is 4.31. The molecule has 2 heterocycles. The van der Waals surface area contributed by atoms with Gasteiger partial charge in [0.2, 0.25) is 0 Å². The van der Waals surface area contributed by atoms with E-state index in [0.717, 1.165) is 12.6 Å². The summed E-state index contributed by atoms with van der Waals surface area (Å²) in [7, 11) is 0. The van der Waals surface area contributed by atoms with Crippen molar-refractivity contribution < 1.29 is 4.74 Å². The molecule has 3 atom stereocenters. The molecule has 0 aliphatic carbocycles. The summed E-state index contributed by atoms with van der Waals surface area (Å²) in [5.74, 6) is 0. The lowest BCUT2D eigenvalue weighted by atomic mass is 10.0. The van der Waals surface area contributed by atoms with E-state index in [1.165, 1.54) is 64.5 Å². The predicted molar refractivity (Wildman–Crippen MR) is 80.4 cm³/mol. The van der Waals surface area contributed by atoms with Gasteiger partial charge >= 0.3 is 0 Å². The summed E-state index contributed by atoms with van der Waals surface area (Å²) in [6.45, 7) is 5.72. The first-order chi connectivity index (χ1) is 8.75. The van der Waals surface area contributed by atoms with Gasteiger partial charge in [0.15, 0.2) is 0 Å². The van der Waals surface area contributed by atoms with Gasteiger partial charge in [0.1, 0.15) is 0 Å². The topological polar surface area (TPSA) is 12.5 Å². The fraction of sp³-hybridized carbons (Fsp3) is 1.00. The summed E-state index contributed by atoms with van der Waals surface area (Å²) in [6, 6.07) is 0.771. The number of hydrogen-bond acceptors (Lipinski definition) is 2. The van der Waals surface area contributed by atoms with Crippen molar-refractivity contribution in [3.05, 3.63) is 0 Å². The summed E-state index contributed by atoms with van der Waals surface area (Å²) < 4.78 is 5.92. The van der Waals surface area contributed by atoms with Crippen LogP contribution in [-0.4, -0.2) is 41.6 Å². The molecule has 2 aliphatic heterocycles. The molecule has 2 saturated heterocycles. The molecule has 2 rings (SSSR count). The molecule has 0 saturated carbocycles. The Hall–Kier alpha value is 0.400. The smallest absolute Gasteiger partial charge is 0.0702 e. The normalized spacial score (nSPS) is 33.0. The second-order valence-electron chi connectivity index (χ2n) is 6.00. The molecule has 3 unspecified atom stereocenters. The van der Waals surface area contributed by atoms with E-state index in [9.17, 15) is 0 Å². The third-order valence-corrected chi connectivity index (χ3v) is 4.68. The molecule has 0 amide bonds. The van der Waals surface area contributed by atoms with E-state index in [-0.39, 0.29) is 0 Å². The zero-order valence-electron chi connectivity index (χ0n) is 11.7. The lowest BCUT2D eigenvalue weighted by Gasteiger charge is -2.35. The number of halogens is 1. The lowest BCUT2D eigenvalue weighted by molar-refractivity contribution is -0.0139. The fourth-order valence-corrected chi connectivity index (χ4v) is 3.76. The van der Waals surface area contributed by atoms with Crippen LogP contribution in [0.5, 0.6) is 0 Å². The van der Waals surface area contributed by atoms with E-state index < -0.39 is 0 Å². The molecule has 18 heavy (non-hydrogen) atoms. The first kappa shape index (κ1) is 14.8. The number of hydrogen-bond donors (Lipinski definition) is 0. The molecule has 0 N–H and O–H groups in total. The Morgan fingerprint density at radius 3 is 2.72 bits per heavy atom. The first-order valence-corrected chi connectivity index (χ1v) is 8.67. The number of ether oxygens (including phenoxy) is 1. The largest absolute Gasteiger partial charge is 0.377 e. The molecular formula is C15H28BrNO. The minimum Gasteiger partial charge on any atom is -0.377 e. The van der Waals surface area contributed by atoms with Crippen LogP contribution in [0.2, 0.25) is 0 Å². The van der Waals surface area contributed by atoms with Gasteiger partial charge in [0.25, 0.3) is 0 Å². The summed E-state index contributed by atoms with van der Waals surface area (Å²) >= 11 is 3.73. The van der Waals surface area contributed by atoms with Gasteiger partial charge in [-0.3, -0.25) is 4.90 Å². The quantitative estimate of drug-likeness (QED) is 0.727. The van der Waals surface area contributed by atoms with Crippen LogP contribution in [-0.2, 0) is 4.74 Å². The highest BCUT2D eigenvalue weighted by Gasteiger charge is 2.25. The second kappa shape index (κ2) is 7.86. The van der Waals surface area contributed by atoms with Gasteiger partial charge in [0.05, 0.1) is 6.10 Å². The van der Waals surface area contributed by atoms with Crippen molar-refractivity contribution in [3.63, 3.8) is 0 Å². The van der Waals surface area contributed by atoms with Crippen molar-refractivity contribution in [1.82, 2.24) is 4.90 Å². The van der Waals surface area contributed by atoms with E-state index in [1.807, 2.05) is 0 Å². The van der Waals surface area contributed by atoms with E-state index in [0.29, 0.717) is 10.9 Å². The van der Waals surface area contributed by atoms with Crippen LogP contribution in [0.1, 0.15) is 58.3 Å². The Morgan fingerprint density at radius 1 is 1.17 bits per heavy atom. The molecule has 2 fully saturated rings. The Morgan fingerprint density at radius 2 is 2.00 bits per heavy atom. The molecule has 0 aromatic carbocycles. The molecule has 0 bridgehead atoms. The van der Waals surface area contributed by atoms with Crippen molar-refractivity contribution in [3.8, 4) is 0 Å². The van der Waals surface area contributed by atoms with Crippen LogP contribution in [0.25, 0.3) is 0 Å². The molecule has 0 radical (unpaired) electrons. The van der Waals surface area contributed by atoms with E-state index >= 15 is 0 Å². The highest BCUT2D eigenvalue weighted by atomic mass is 79.9. The van der Waals surface area contributed by atoms with Crippen LogP contribution in [0.3, 0.4) is 0 Å². The SMILES string of the molecule is CC(Br)CC1CCCCCN1CC1CCCCO1. The minimum atomic E-state index is 0.505. The zero-order chi connectivity index (χ0) is 12.8. The fourth-order valence-electron chi connectivity index (χ4n) is 3.33. The van der Waals surface area contributed by atoms with Gasteiger partial charge in [-0.2, -0.15) is 0 Å². The number of alkyl halides is 1. The van der Waals surface area contributed by atoms with Gasteiger partial charge in [-0.15, -0.1) is 0 Å². The Kier molecular flexibility index (Phi) is 6.46. The van der Waals surface area contributed by atoms with Crippen LogP contribution in [0, 0.1) is 0 Å². The Labute approximate surface area is 121 Å². The van der Waals surface area contributed by atoms with Crippen LogP contribution in [0.15, 0.2) is 0 Å². The van der Waals surface area contributed by atoms with Crippen molar-refractivity contribution in [1.29, 1.82) is 0 Å². The number of rotatable bonds is 4. The van der Waals surface area contributed by atoms with E-state index in [4.69, 9.17) is 4.74 Å². The van der Waals surface area contributed by atoms with Crippen LogP contribution >= 0.6 is 15.9 Å². The minimum absolute atomic E-state index is 0.505. The molecule has 2 nitrogen and oxygen atoms in total. The van der Waals surface area contributed by atoms with Gasteiger partial charge in [-0.25, -0.2) is 0 Å². The molecule has 0 aromatic rings. The zero-order valence-corrected chi connectivity index (χ0v) is 13.3. The van der Waals surface area contributed by atoms with Crippen molar-refractivity contribution in [2.45, 2.75) is 75.3 Å². The summed E-state index contributed by atoms with van der Waals surface area (Å²) in [6.07, 6.45) is 11.3. The predicted octanol–water partition coefficient (Wildman–Crippen LogP) is 3.97. The van der Waals surface area contributed by atoms with E-state index in [2.05, 4.69) is 27.8 Å². The molecular weight excluding hydrogens is 290 g/mol. The Bertz CT molecular complexity index is 229. The molecule has 0 spiro atoms. The summed E-state index contributed by atoms with van der Waals surface area (Å²) in [4.78, 5) is 3.36. The third kappa shape index (κ3) is 4.82. The monoisotopic (exact) mass is 317 g/mol. The maximum atomic E-state index is 5.92. The molecule has 2 aliphatic rings. The molecule has 0 aromatic heterocycles. The van der Waals surface area contributed by atoms with Gasteiger partial charge in [0, 0.05) is 24.0 Å². The number of nitrogens with zero attached hydrogens (tertiary/aromatic N) is 1.